The molecule has 2 heterocycles. The summed E-state index contributed by atoms with van der Waals surface area (Å²) in [5.74, 6) is -2.46. The molecule has 4 atom stereocenters. The summed E-state index contributed by atoms with van der Waals surface area (Å²) in [7, 11) is 4.29. The van der Waals surface area contributed by atoms with Crippen LogP contribution in [0, 0.1) is 17.7 Å². The highest BCUT2D eigenvalue weighted by atomic mass is 32.2. The van der Waals surface area contributed by atoms with Gasteiger partial charge in [-0.2, -0.15) is 11.8 Å². The number of esters is 1. The van der Waals surface area contributed by atoms with Gasteiger partial charge in [0, 0.05) is 17.7 Å². The lowest BCUT2D eigenvalue weighted by molar-refractivity contribution is -0.152. The van der Waals surface area contributed by atoms with E-state index in [2.05, 4.69) is 5.32 Å². The number of thioether (sulfide) groups is 1. The van der Waals surface area contributed by atoms with Crippen LogP contribution < -0.4 is 19.7 Å². The first kappa shape index (κ1) is 25.0. The zero-order chi connectivity index (χ0) is 25.3. The van der Waals surface area contributed by atoms with Crippen molar-refractivity contribution >= 4 is 35.2 Å². The maximum atomic E-state index is 13.8. The quantitative estimate of drug-likeness (QED) is 0.435. The average molecular weight is 503 g/mol. The Bertz CT molecular complexity index is 1140. The molecule has 2 aromatic rings. The van der Waals surface area contributed by atoms with Gasteiger partial charge in [0.25, 0.3) is 0 Å². The summed E-state index contributed by atoms with van der Waals surface area (Å²) in [5, 5.41) is 3.33. The third-order valence-corrected chi connectivity index (χ3v) is 7.38. The van der Waals surface area contributed by atoms with E-state index in [1.54, 1.807) is 18.2 Å². The zero-order valence-electron chi connectivity index (χ0n) is 19.9. The number of anilines is 1. The molecule has 0 unspecified atom stereocenters. The number of imide groups is 1. The second kappa shape index (κ2) is 9.87. The molecule has 0 aromatic heterocycles. The average Bonchev–Trinajstić information content (AvgIpc) is 3.36. The lowest BCUT2D eigenvalue weighted by atomic mass is 9.77. The highest BCUT2D eigenvalue weighted by Crippen LogP contribution is 2.53. The van der Waals surface area contributed by atoms with Crippen LogP contribution in [0.15, 0.2) is 42.5 Å². The Balaban J connectivity index is 1.88. The van der Waals surface area contributed by atoms with Gasteiger partial charge < -0.3 is 14.2 Å². The summed E-state index contributed by atoms with van der Waals surface area (Å²) < 4.78 is 29.6. The fourth-order valence-electron chi connectivity index (χ4n) is 5.15. The molecule has 186 valence electrons. The van der Waals surface area contributed by atoms with E-state index >= 15 is 0 Å². The zero-order valence-corrected chi connectivity index (χ0v) is 20.7. The van der Waals surface area contributed by atoms with Gasteiger partial charge in [0.2, 0.25) is 11.8 Å². The van der Waals surface area contributed by atoms with E-state index in [1.165, 1.54) is 57.4 Å². The molecule has 8 nitrogen and oxygen atoms in total. The minimum absolute atomic E-state index is 0.250. The van der Waals surface area contributed by atoms with Crippen molar-refractivity contribution in [2.45, 2.75) is 18.0 Å². The van der Waals surface area contributed by atoms with Gasteiger partial charge in [0.05, 0.1) is 38.9 Å². The van der Waals surface area contributed by atoms with Crippen molar-refractivity contribution < 1.29 is 33.0 Å². The van der Waals surface area contributed by atoms with Crippen molar-refractivity contribution in [2.24, 2.45) is 11.8 Å². The predicted molar refractivity (Wildman–Crippen MR) is 129 cm³/mol. The van der Waals surface area contributed by atoms with Gasteiger partial charge >= 0.3 is 5.97 Å². The number of amides is 2. The van der Waals surface area contributed by atoms with Crippen molar-refractivity contribution in [1.29, 1.82) is 0 Å². The number of benzene rings is 2. The number of rotatable bonds is 8. The summed E-state index contributed by atoms with van der Waals surface area (Å²) in [6.07, 6.45) is 2.17. The van der Waals surface area contributed by atoms with Crippen molar-refractivity contribution in [1.82, 2.24) is 5.32 Å². The van der Waals surface area contributed by atoms with Gasteiger partial charge in [-0.05, 0) is 48.8 Å². The molecule has 0 spiro atoms. The van der Waals surface area contributed by atoms with Gasteiger partial charge in [0.15, 0.2) is 0 Å². The number of hydrogen-bond acceptors (Lipinski definition) is 8. The monoisotopic (exact) mass is 502 g/mol. The Labute approximate surface area is 207 Å². The molecule has 2 aliphatic rings. The number of methoxy groups -OCH3 is 3. The molecule has 10 heteroatoms. The van der Waals surface area contributed by atoms with Crippen molar-refractivity contribution in [3.8, 4) is 11.5 Å². The van der Waals surface area contributed by atoms with Gasteiger partial charge in [-0.1, -0.05) is 6.07 Å². The van der Waals surface area contributed by atoms with E-state index in [4.69, 9.17) is 14.2 Å². The lowest BCUT2D eigenvalue weighted by Gasteiger charge is -2.32. The third-order valence-electron chi connectivity index (χ3n) is 6.76. The van der Waals surface area contributed by atoms with Crippen molar-refractivity contribution in [2.75, 3.05) is 38.2 Å². The first-order valence-electron chi connectivity index (χ1n) is 11.0. The number of carbonyl (C=O) groups excluding carboxylic acids is 3. The topological polar surface area (TPSA) is 94.2 Å². The SMILES string of the molecule is COC(=O)[C@@]1(CCSC)N[C@@H](c2ccc(OC)cc2OC)[C@@H]2C(=O)N(c3ccc(F)cc3)C(=O)[C@H]21. The minimum atomic E-state index is -1.43. The number of fused-ring (bicyclic) bond motifs is 1. The molecule has 0 bridgehead atoms. The minimum Gasteiger partial charge on any atom is -0.497 e. The van der Waals surface area contributed by atoms with Gasteiger partial charge in [-0.15, -0.1) is 0 Å². The van der Waals surface area contributed by atoms with E-state index in [-0.39, 0.29) is 12.1 Å². The van der Waals surface area contributed by atoms with Gasteiger partial charge in [0.1, 0.15) is 22.9 Å². The predicted octanol–water partition coefficient (Wildman–Crippen LogP) is 2.96. The van der Waals surface area contributed by atoms with Crippen LogP contribution in [-0.2, 0) is 19.1 Å². The van der Waals surface area contributed by atoms with E-state index in [0.29, 0.717) is 22.8 Å². The van der Waals surface area contributed by atoms with Crippen LogP contribution in [0.2, 0.25) is 0 Å². The molecule has 2 aromatic carbocycles. The maximum Gasteiger partial charge on any atom is 0.326 e. The van der Waals surface area contributed by atoms with E-state index < -0.39 is 47.0 Å². The van der Waals surface area contributed by atoms with Gasteiger partial charge in [-0.3, -0.25) is 19.7 Å². The molecule has 0 aliphatic carbocycles. The highest BCUT2D eigenvalue weighted by Gasteiger charge is 2.69. The summed E-state index contributed by atoms with van der Waals surface area (Å²) in [6, 6.07) is 9.59. The molecule has 2 aliphatic heterocycles. The Hall–Kier alpha value is -3.11. The number of nitrogens with zero attached hydrogens (tertiary/aromatic N) is 1. The standard InChI is InChI=1S/C25H27FN2O6S/c1-32-16-9-10-17(18(13-16)33-2)21-19-20(25(27-21,11-12-35-4)24(31)34-3)23(30)28(22(19)29)15-7-5-14(26)6-8-15/h5-10,13,19-21,27H,11-12H2,1-4H3/t19-,20+,21+,25+/m1/s1. The molecule has 35 heavy (non-hydrogen) atoms. The molecule has 2 fully saturated rings. The smallest absolute Gasteiger partial charge is 0.326 e. The third kappa shape index (κ3) is 4.04. The Morgan fingerprint density at radius 1 is 1.09 bits per heavy atom. The van der Waals surface area contributed by atoms with Crippen LogP contribution in [0.1, 0.15) is 18.0 Å². The second-order valence-electron chi connectivity index (χ2n) is 8.43. The first-order valence-corrected chi connectivity index (χ1v) is 12.4. The number of ether oxygens (including phenoxy) is 3. The van der Waals surface area contributed by atoms with Crippen LogP contribution >= 0.6 is 11.8 Å². The van der Waals surface area contributed by atoms with Crippen molar-refractivity contribution in [3.05, 3.63) is 53.8 Å². The lowest BCUT2D eigenvalue weighted by Crippen LogP contribution is -2.56. The van der Waals surface area contributed by atoms with Crippen LogP contribution in [0.25, 0.3) is 0 Å². The van der Waals surface area contributed by atoms with E-state index in [0.717, 1.165) is 4.90 Å². The van der Waals surface area contributed by atoms with Crippen molar-refractivity contribution in [3.63, 3.8) is 0 Å². The number of halogens is 1. The van der Waals surface area contributed by atoms with Crippen LogP contribution in [0.3, 0.4) is 0 Å². The molecule has 1 N–H and O–H groups in total. The summed E-state index contributed by atoms with van der Waals surface area (Å²) in [4.78, 5) is 42.0. The second-order valence-corrected chi connectivity index (χ2v) is 9.41. The Kier molecular flexibility index (Phi) is 7.05. The molecule has 2 saturated heterocycles. The molecule has 2 amide bonds. The molecule has 0 radical (unpaired) electrons. The molecular weight excluding hydrogens is 475 g/mol. The Morgan fingerprint density at radius 2 is 1.80 bits per heavy atom. The summed E-state index contributed by atoms with van der Waals surface area (Å²) >= 11 is 1.52. The molecule has 4 rings (SSSR count). The largest absolute Gasteiger partial charge is 0.497 e. The Morgan fingerprint density at radius 3 is 2.40 bits per heavy atom. The normalized spacial score (nSPS) is 25.5. The number of hydrogen-bond donors (Lipinski definition) is 1. The molecule has 0 saturated carbocycles. The summed E-state index contributed by atoms with van der Waals surface area (Å²) in [5.41, 5.74) is -0.570. The maximum absolute atomic E-state index is 13.8. The van der Waals surface area contributed by atoms with E-state index in [1.807, 2.05) is 6.26 Å². The molecular formula is C25H27FN2O6S. The fraction of sp³-hybridized carbons (Fsp3) is 0.400. The summed E-state index contributed by atoms with van der Waals surface area (Å²) in [6.45, 7) is 0. The van der Waals surface area contributed by atoms with Crippen LogP contribution in [0.5, 0.6) is 11.5 Å². The fourth-order valence-corrected chi connectivity index (χ4v) is 5.68. The first-order chi connectivity index (χ1) is 16.8. The van der Waals surface area contributed by atoms with E-state index in [9.17, 15) is 18.8 Å². The van der Waals surface area contributed by atoms with Crippen LogP contribution in [0.4, 0.5) is 10.1 Å². The highest BCUT2D eigenvalue weighted by molar-refractivity contribution is 7.98. The van der Waals surface area contributed by atoms with Crippen LogP contribution in [-0.4, -0.2) is 56.7 Å². The number of nitrogens with one attached hydrogen (secondary N) is 1. The van der Waals surface area contributed by atoms with Gasteiger partial charge in [-0.25, -0.2) is 9.29 Å². The number of carbonyl (C=O) groups is 3.